The van der Waals surface area contributed by atoms with Crippen molar-refractivity contribution in [1.29, 1.82) is 0 Å². The number of benzene rings is 2. The number of hydrogen-bond acceptors (Lipinski definition) is 5. The predicted molar refractivity (Wildman–Crippen MR) is 151 cm³/mol. The van der Waals surface area contributed by atoms with Crippen LogP contribution in [0.1, 0.15) is 54.9 Å². The molecule has 38 heavy (non-hydrogen) atoms. The zero-order valence-corrected chi connectivity index (χ0v) is 21.9. The van der Waals surface area contributed by atoms with E-state index in [-0.39, 0.29) is 11.7 Å². The van der Waals surface area contributed by atoms with Crippen LogP contribution >= 0.6 is 0 Å². The molecule has 0 spiro atoms. The van der Waals surface area contributed by atoms with E-state index in [9.17, 15) is 9.18 Å². The lowest BCUT2D eigenvalue weighted by Gasteiger charge is -2.32. The zero-order chi connectivity index (χ0) is 26.5. The number of carbonyl (C=O) groups excluding carboxylic acids is 1. The molecular formula is C30H35FN6O. The number of aromatic nitrogens is 3. The number of carbonyl (C=O) groups is 1. The number of amides is 1. The van der Waals surface area contributed by atoms with Gasteiger partial charge in [0.05, 0.1) is 16.9 Å². The average molecular weight is 515 g/mol. The maximum absolute atomic E-state index is 13.9. The van der Waals surface area contributed by atoms with Gasteiger partial charge >= 0.3 is 0 Å². The fourth-order valence-corrected chi connectivity index (χ4v) is 5.38. The summed E-state index contributed by atoms with van der Waals surface area (Å²) in [5, 5.41) is 3.86. The number of rotatable bonds is 9. The van der Waals surface area contributed by atoms with E-state index in [0.717, 1.165) is 69.1 Å². The van der Waals surface area contributed by atoms with Crippen molar-refractivity contribution < 1.29 is 9.18 Å². The lowest BCUT2D eigenvalue weighted by atomic mass is 9.91. The minimum absolute atomic E-state index is 0.169. The first-order valence-corrected chi connectivity index (χ1v) is 13.5. The molecule has 4 aromatic rings. The van der Waals surface area contributed by atoms with Crippen LogP contribution in [0.25, 0.3) is 10.9 Å². The highest BCUT2D eigenvalue weighted by Crippen LogP contribution is 2.28. The van der Waals surface area contributed by atoms with Gasteiger partial charge < -0.3 is 20.5 Å². The number of nitrogen functional groups attached to an aromatic ring is 1. The van der Waals surface area contributed by atoms with E-state index in [0.29, 0.717) is 28.8 Å². The van der Waals surface area contributed by atoms with Crippen LogP contribution in [-0.4, -0.2) is 33.5 Å². The molecule has 0 aliphatic carbocycles. The first kappa shape index (κ1) is 25.7. The number of aryl methyl sites for hydroxylation is 2. The highest BCUT2D eigenvalue weighted by molar-refractivity contribution is 6.05. The first-order chi connectivity index (χ1) is 18.5. The van der Waals surface area contributed by atoms with Crippen molar-refractivity contribution >= 4 is 34.1 Å². The highest BCUT2D eigenvalue weighted by atomic mass is 19.1. The normalized spacial score (nSPS) is 14.2. The van der Waals surface area contributed by atoms with Gasteiger partial charge in [-0.1, -0.05) is 19.1 Å². The molecule has 0 radical (unpaired) electrons. The quantitative estimate of drug-likeness (QED) is 0.265. The van der Waals surface area contributed by atoms with Crippen molar-refractivity contribution in [3.8, 4) is 0 Å². The Hall–Kier alpha value is -3.94. The van der Waals surface area contributed by atoms with E-state index in [1.807, 2.05) is 18.2 Å². The summed E-state index contributed by atoms with van der Waals surface area (Å²) in [7, 11) is 0. The zero-order valence-electron chi connectivity index (χ0n) is 21.9. The molecule has 198 valence electrons. The number of fused-ring (bicyclic) bond motifs is 1. The van der Waals surface area contributed by atoms with E-state index in [1.165, 1.54) is 5.56 Å². The van der Waals surface area contributed by atoms with Gasteiger partial charge in [-0.05, 0) is 80.3 Å². The molecule has 8 heteroatoms. The van der Waals surface area contributed by atoms with Gasteiger partial charge in [-0.2, -0.15) is 0 Å². The minimum atomic E-state index is -0.284. The largest absolute Gasteiger partial charge is 0.397 e. The van der Waals surface area contributed by atoms with Gasteiger partial charge in [0.2, 0.25) is 5.95 Å². The van der Waals surface area contributed by atoms with E-state index in [4.69, 9.17) is 5.73 Å². The monoisotopic (exact) mass is 514 g/mol. The minimum Gasteiger partial charge on any atom is -0.397 e. The highest BCUT2D eigenvalue weighted by Gasteiger charge is 2.21. The van der Waals surface area contributed by atoms with Crippen LogP contribution in [0.15, 0.2) is 61.1 Å². The van der Waals surface area contributed by atoms with Crippen molar-refractivity contribution in [2.75, 3.05) is 29.0 Å². The smallest absolute Gasteiger partial charge is 0.258 e. The Morgan fingerprint density at radius 1 is 1.13 bits per heavy atom. The average Bonchev–Trinajstić information content (AvgIpc) is 3.27. The molecule has 1 aliphatic rings. The molecule has 1 amide bonds. The number of para-hydroxylation sites is 2. The van der Waals surface area contributed by atoms with Gasteiger partial charge in [-0.25, -0.2) is 14.4 Å². The topological polar surface area (TPSA) is 89.1 Å². The summed E-state index contributed by atoms with van der Waals surface area (Å²) < 4.78 is 16.2. The van der Waals surface area contributed by atoms with Gasteiger partial charge in [0, 0.05) is 49.1 Å². The number of nitrogens with zero attached hydrogens (tertiary/aromatic N) is 4. The van der Waals surface area contributed by atoms with Crippen LogP contribution in [0, 0.1) is 11.7 Å². The summed E-state index contributed by atoms with van der Waals surface area (Å²) in [5.74, 6) is 0.865. The molecule has 3 heterocycles. The molecule has 3 N–H and O–H groups in total. The van der Waals surface area contributed by atoms with Crippen LogP contribution in [0.4, 0.5) is 21.7 Å². The molecule has 5 rings (SSSR count). The Balaban J connectivity index is 1.11. The molecule has 2 aromatic carbocycles. The fourth-order valence-electron chi connectivity index (χ4n) is 5.38. The lowest BCUT2D eigenvalue weighted by molar-refractivity contribution is 0.102. The van der Waals surface area contributed by atoms with Crippen molar-refractivity contribution in [2.45, 2.75) is 52.0 Å². The fraction of sp³-hybridized carbons (Fsp3) is 0.367. The predicted octanol–water partition coefficient (Wildman–Crippen LogP) is 6.05. The van der Waals surface area contributed by atoms with Crippen LogP contribution in [0.2, 0.25) is 0 Å². The summed E-state index contributed by atoms with van der Waals surface area (Å²) >= 11 is 0. The molecule has 7 nitrogen and oxygen atoms in total. The second-order valence-corrected chi connectivity index (χ2v) is 10.1. The Bertz CT molecular complexity index is 1390. The third kappa shape index (κ3) is 5.79. The molecule has 0 atom stereocenters. The number of hydrogen-bond donors (Lipinski definition) is 2. The molecular weight excluding hydrogens is 479 g/mol. The number of piperidine rings is 1. The standard InChI is InChI=1S/C30H35FN6O/c1-2-14-37-20-22(25-17-24(31)10-11-28(25)37)7-5-6-21-12-15-36(16-13-21)30-33-18-23(19-34-30)29(38)35-27-9-4-3-8-26(27)32/h3-4,8-11,17-21H,2,5-7,12-16,32H2,1H3,(H,35,38). The molecule has 0 bridgehead atoms. The Labute approximate surface area is 222 Å². The summed E-state index contributed by atoms with van der Waals surface area (Å²) in [4.78, 5) is 23.6. The van der Waals surface area contributed by atoms with Gasteiger partial charge in [-0.15, -0.1) is 0 Å². The molecule has 1 saturated heterocycles. The van der Waals surface area contributed by atoms with Crippen LogP contribution in [-0.2, 0) is 13.0 Å². The molecule has 1 aliphatic heterocycles. The third-order valence-electron chi connectivity index (χ3n) is 7.46. The van der Waals surface area contributed by atoms with Gasteiger partial charge in [0.1, 0.15) is 5.82 Å². The molecule has 2 aromatic heterocycles. The Morgan fingerprint density at radius 3 is 2.63 bits per heavy atom. The van der Waals surface area contributed by atoms with Crippen LogP contribution in [0.5, 0.6) is 0 Å². The molecule has 0 unspecified atom stereocenters. The van der Waals surface area contributed by atoms with Crippen molar-refractivity contribution in [3.63, 3.8) is 0 Å². The Morgan fingerprint density at radius 2 is 1.89 bits per heavy atom. The van der Waals surface area contributed by atoms with Crippen molar-refractivity contribution in [1.82, 2.24) is 14.5 Å². The number of nitrogens with one attached hydrogen (secondary N) is 1. The van der Waals surface area contributed by atoms with E-state index in [2.05, 4.69) is 37.9 Å². The summed E-state index contributed by atoms with van der Waals surface area (Å²) in [6.07, 6.45) is 11.8. The summed E-state index contributed by atoms with van der Waals surface area (Å²) in [6.45, 7) is 4.92. The maximum Gasteiger partial charge on any atom is 0.258 e. The van der Waals surface area contributed by atoms with Crippen LogP contribution in [0.3, 0.4) is 0 Å². The summed E-state index contributed by atoms with van der Waals surface area (Å²) in [5.41, 5.74) is 9.77. The van der Waals surface area contributed by atoms with E-state index >= 15 is 0 Å². The van der Waals surface area contributed by atoms with Gasteiger partial charge in [-0.3, -0.25) is 4.79 Å². The second kappa shape index (κ2) is 11.6. The third-order valence-corrected chi connectivity index (χ3v) is 7.46. The number of nitrogens with two attached hydrogens (primary N) is 1. The van der Waals surface area contributed by atoms with E-state index in [1.54, 1.807) is 36.7 Å². The lowest BCUT2D eigenvalue weighted by Crippen LogP contribution is -2.35. The maximum atomic E-state index is 13.9. The number of anilines is 3. The Kier molecular flexibility index (Phi) is 7.86. The summed E-state index contributed by atoms with van der Waals surface area (Å²) in [6, 6.07) is 12.3. The SMILES string of the molecule is CCCn1cc(CCCC2CCN(c3ncc(C(=O)Nc4ccccc4N)cn3)CC2)c2cc(F)ccc21. The van der Waals surface area contributed by atoms with Gasteiger partial charge in [0.15, 0.2) is 0 Å². The molecule has 1 fully saturated rings. The van der Waals surface area contributed by atoms with Gasteiger partial charge in [0.25, 0.3) is 5.91 Å². The van der Waals surface area contributed by atoms with Crippen molar-refractivity contribution in [3.05, 3.63) is 78.0 Å². The first-order valence-electron chi connectivity index (χ1n) is 13.5. The molecule has 0 saturated carbocycles. The van der Waals surface area contributed by atoms with Crippen molar-refractivity contribution in [2.24, 2.45) is 5.92 Å². The van der Waals surface area contributed by atoms with E-state index < -0.39 is 0 Å². The number of halogens is 1. The second-order valence-electron chi connectivity index (χ2n) is 10.1. The van der Waals surface area contributed by atoms with Crippen LogP contribution < -0.4 is 16.0 Å².